The Morgan fingerprint density at radius 1 is 1.09 bits per heavy atom. The van der Waals surface area contributed by atoms with Gasteiger partial charge in [-0.2, -0.15) is 28.8 Å². The van der Waals surface area contributed by atoms with Crippen LogP contribution in [0.3, 0.4) is 0 Å². The minimum Gasteiger partial charge on any atom is -0.383 e. The number of nitrogens with zero attached hydrogens (tertiary/aromatic N) is 9. The molecular formula is C32H30F3N11. The van der Waals surface area contributed by atoms with Gasteiger partial charge in [-0.3, -0.25) is 0 Å². The molecule has 14 heteroatoms. The van der Waals surface area contributed by atoms with Crippen molar-refractivity contribution in [2.45, 2.75) is 58.3 Å². The number of aromatic nitrogens is 7. The molecule has 6 rings (SSSR count). The van der Waals surface area contributed by atoms with Gasteiger partial charge < -0.3 is 10.6 Å². The highest BCUT2D eigenvalue weighted by atomic mass is 19.4. The predicted octanol–water partition coefficient (Wildman–Crippen LogP) is 6.17. The molecule has 2 aromatic carbocycles. The third-order valence-electron chi connectivity index (χ3n) is 8.12. The zero-order chi connectivity index (χ0) is 32.9. The number of alkyl halides is 3. The summed E-state index contributed by atoms with van der Waals surface area (Å²) in [7, 11) is 0. The lowest BCUT2D eigenvalue weighted by molar-refractivity contribution is -0.182. The normalized spacial score (nSPS) is 14.8. The van der Waals surface area contributed by atoms with Crippen LogP contribution in [0, 0.1) is 35.0 Å². The number of rotatable bonds is 8. The molecule has 3 heterocycles. The lowest BCUT2D eigenvalue weighted by Crippen LogP contribution is -2.35. The van der Waals surface area contributed by atoms with Crippen molar-refractivity contribution in [1.29, 1.82) is 10.5 Å². The van der Waals surface area contributed by atoms with Gasteiger partial charge in [0.15, 0.2) is 5.54 Å². The minimum atomic E-state index is -4.49. The average molecular weight is 626 g/mol. The zero-order valence-electron chi connectivity index (χ0n) is 25.6. The Labute approximate surface area is 262 Å². The molecule has 0 radical (unpaired) electrons. The van der Waals surface area contributed by atoms with E-state index in [4.69, 9.17) is 4.98 Å². The molecule has 3 aromatic heterocycles. The van der Waals surface area contributed by atoms with Gasteiger partial charge in [-0.15, -0.1) is 5.10 Å². The maximum absolute atomic E-state index is 14.0. The minimum absolute atomic E-state index is 0.0868. The Bertz CT molecular complexity index is 2000. The van der Waals surface area contributed by atoms with E-state index in [0.29, 0.717) is 39.9 Å². The second-order valence-electron chi connectivity index (χ2n) is 12.6. The largest absolute Gasteiger partial charge is 0.413 e. The Morgan fingerprint density at radius 3 is 2.50 bits per heavy atom. The fourth-order valence-corrected chi connectivity index (χ4v) is 5.44. The number of pyridine rings is 1. The molecule has 0 bridgehead atoms. The Hall–Kier alpha value is -5.50. The van der Waals surface area contributed by atoms with Gasteiger partial charge in [0, 0.05) is 11.9 Å². The lowest BCUT2D eigenvalue weighted by Gasteiger charge is -2.25. The summed E-state index contributed by atoms with van der Waals surface area (Å²) in [5.74, 6) is 0.193. The quantitative estimate of drug-likeness (QED) is 0.207. The molecule has 1 fully saturated rings. The van der Waals surface area contributed by atoms with E-state index in [1.807, 2.05) is 39.8 Å². The molecule has 2 N–H and O–H groups in total. The van der Waals surface area contributed by atoms with Gasteiger partial charge >= 0.3 is 6.18 Å². The molecule has 5 aromatic rings. The Morgan fingerprint density at radius 2 is 1.87 bits per heavy atom. The van der Waals surface area contributed by atoms with Gasteiger partial charge in [0.05, 0.1) is 40.8 Å². The Kier molecular flexibility index (Phi) is 7.39. The molecule has 0 unspecified atom stereocenters. The average Bonchev–Trinajstić information content (AvgIpc) is 3.41. The van der Waals surface area contributed by atoms with Crippen molar-refractivity contribution in [2.75, 3.05) is 17.2 Å². The highest BCUT2D eigenvalue weighted by molar-refractivity contribution is 5.98. The molecular weight excluding hydrogens is 595 g/mol. The van der Waals surface area contributed by atoms with Crippen LogP contribution in [0.1, 0.15) is 67.6 Å². The van der Waals surface area contributed by atoms with Crippen LogP contribution in [0.4, 0.5) is 24.7 Å². The molecule has 0 aliphatic heterocycles. The maximum Gasteiger partial charge on any atom is 0.413 e. The highest BCUT2D eigenvalue weighted by Crippen LogP contribution is 2.55. The number of nitriles is 2. The molecule has 0 saturated heterocycles. The van der Waals surface area contributed by atoms with E-state index in [1.165, 1.54) is 12.5 Å². The van der Waals surface area contributed by atoms with Crippen LogP contribution in [0.5, 0.6) is 0 Å². The first-order valence-electron chi connectivity index (χ1n) is 14.6. The first-order valence-corrected chi connectivity index (χ1v) is 14.6. The number of anilines is 2. The standard InChI is InChI=1S/C32H30F3N11/c1-19-21(6-5-7-26(19)45-18-38-17-40-45)28(25-15-46(44-43-25)31(10-11-31)32(33,34)35)42-29-23(14-37)27(39-16-30(2,3)4)22-12-20(13-36)8-9-24(22)41-29/h5-9,12,15,17-18,28H,10-11,16H2,1-4H3,(H2,39,41,42)/t28-/m0/s1. The van der Waals surface area contributed by atoms with E-state index in [1.54, 1.807) is 35.3 Å². The Balaban J connectivity index is 1.53. The van der Waals surface area contributed by atoms with Crippen molar-refractivity contribution in [3.05, 3.63) is 83.2 Å². The second-order valence-corrected chi connectivity index (χ2v) is 12.6. The summed E-state index contributed by atoms with van der Waals surface area (Å²) in [5.41, 5.74) is 1.67. The van der Waals surface area contributed by atoms with Crippen molar-refractivity contribution in [2.24, 2.45) is 5.41 Å². The van der Waals surface area contributed by atoms with Crippen LogP contribution >= 0.6 is 0 Å². The van der Waals surface area contributed by atoms with E-state index in [0.717, 1.165) is 10.2 Å². The third kappa shape index (κ3) is 5.47. The monoisotopic (exact) mass is 625 g/mol. The van der Waals surface area contributed by atoms with Gasteiger partial charge in [0.1, 0.15) is 35.8 Å². The van der Waals surface area contributed by atoms with Crippen molar-refractivity contribution < 1.29 is 13.2 Å². The summed E-state index contributed by atoms with van der Waals surface area (Å²) < 4.78 is 44.6. The molecule has 1 aliphatic carbocycles. The van der Waals surface area contributed by atoms with Gasteiger partial charge in [0.2, 0.25) is 0 Å². The predicted molar refractivity (Wildman–Crippen MR) is 164 cm³/mol. The van der Waals surface area contributed by atoms with E-state index < -0.39 is 17.8 Å². The molecule has 46 heavy (non-hydrogen) atoms. The fourth-order valence-electron chi connectivity index (χ4n) is 5.44. The third-order valence-corrected chi connectivity index (χ3v) is 8.12. The molecule has 11 nitrogen and oxygen atoms in total. The zero-order valence-corrected chi connectivity index (χ0v) is 25.6. The van der Waals surface area contributed by atoms with Crippen LogP contribution in [0.25, 0.3) is 16.6 Å². The molecule has 234 valence electrons. The summed E-state index contributed by atoms with van der Waals surface area (Å²) in [4.78, 5) is 8.82. The first kappa shape index (κ1) is 30.5. The summed E-state index contributed by atoms with van der Waals surface area (Å²) in [6, 6.07) is 14.0. The van der Waals surface area contributed by atoms with Crippen LogP contribution < -0.4 is 10.6 Å². The number of nitrogens with one attached hydrogen (secondary N) is 2. The first-order chi connectivity index (χ1) is 21.8. The van der Waals surface area contributed by atoms with E-state index in [-0.39, 0.29) is 35.3 Å². The van der Waals surface area contributed by atoms with Crippen molar-refractivity contribution in [1.82, 2.24) is 34.7 Å². The topological polar surface area (TPSA) is 146 Å². The molecule has 1 saturated carbocycles. The van der Waals surface area contributed by atoms with Crippen molar-refractivity contribution in [3.8, 4) is 17.8 Å². The maximum atomic E-state index is 14.0. The van der Waals surface area contributed by atoms with E-state index >= 15 is 0 Å². The highest BCUT2D eigenvalue weighted by Gasteiger charge is 2.66. The number of hydrogen-bond acceptors (Lipinski definition) is 9. The summed E-state index contributed by atoms with van der Waals surface area (Å²) >= 11 is 0. The summed E-state index contributed by atoms with van der Waals surface area (Å²) in [6.07, 6.45) is -0.403. The van der Waals surface area contributed by atoms with Crippen molar-refractivity contribution >= 4 is 22.4 Å². The van der Waals surface area contributed by atoms with Gasteiger partial charge in [-0.1, -0.05) is 38.1 Å². The number of benzene rings is 2. The van der Waals surface area contributed by atoms with Gasteiger partial charge in [-0.05, 0) is 60.6 Å². The van der Waals surface area contributed by atoms with E-state index in [9.17, 15) is 23.7 Å². The number of hydrogen-bond donors (Lipinski definition) is 2. The molecule has 0 amide bonds. The molecule has 1 aliphatic rings. The molecule has 1 atom stereocenters. The van der Waals surface area contributed by atoms with Gasteiger partial charge in [0.25, 0.3) is 0 Å². The van der Waals surface area contributed by atoms with Gasteiger partial charge in [-0.25, -0.2) is 19.3 Å². The van der Waals surface area contributed by atoms with Crippen LogP contribution in [-0.4, -0.2) is 47.5 Å². The lowest BCUT2D eigenvalue weighted by atomic mass is 9.95. The number of halogens is 3. The number of fused-ring (bicyclic) bond motifs is 1. The molecule has 0 spiro atoms. The SMILES string of the molecule is Cc1c([C@H](Nc2nc3ccc(C#N)cc3c(NCC(C)(C)C)c2C#N)c2cn(C3(C(F)(F)F)CC3)nn2)cccc1-n1cncn1. The summed E-state index contributed by atoms with van der Waals surface area (Å²) in [5, 5.41) is 39.8. The van der Waals surface area contributed by atoms with Crippen molar-refractivity contribution in [3.63, 3.8) is 0 Å². The second kappa shape index (κ2) is 11.1. The smallest absolute Gasteiger partial charge is 0.383 e. The van der Waals surface area contributed by atoms with Crippen LogP contribution in [0.2, 0.25) is 0 Å². The summed E-state index contributed by atoms with van der Waals surface area (Å²) in [6.45, 7) is 8.52. The fraction of sp³-hybridized carbons (Fsp3) is 0.344. The van der Waals surface area contributed by atoms with E-state index in [2.05, 4.69) is 43.2 Å². The van der Waals surface area contributed by atoms with Crippen LogP contribution in [0.15, 0.2) is 55.2 Å². The van der Waals surface area contributed by atoms with Crippen LogP contribution in [-0.2, 0) is 5.54 Å².